The van der Waals surface area contributed by atoms with Gasteiger partial charge in [0, 0.05) is 0 Å². The number of sulfonamides is 1. The van der Waals surface area contributed by atoms with Crippen molar-refractivity contribution in [3.05, 3.63) is 35.6 Å². The van der Waals surface area contributed by atoms with Crippen LogP contribution in [0.1, 0.15) is 5.56 Å². The van der Waals surface area contributed by atoms with Gasteiger partial charge in [0.1, 0.15) is 12.4 Å². The van der Waals surface area contributed by atoms with Gasteiger partial charge in [-0.15, -0.1) is 0 Å². The Morgan fingerprint density at radius 2 is 2.21 bits per heavy atom. The van der Waals surface area contributed by atoms with Gasteiger partial charge in [-0.25, -0.2) is 12.8 Å². The maximum Gasteiger partial charge on any atom is 0.219 e. The number of hydrogen-bond acceptors (Lipinski definition) is 4. The molecular formula is C11H12FN3O2S2. The van der Waals surface area contributed by atoms with E-state index in [1.165, 1.54) is 18.2 Å². The fraction of sp³-hybridized carbons (Fsp3) is 0.273. The number of benzene rings is 1. The summed E-state index contributed by atoms with van der Waals surface area (Å²) >= 11 is 4.64. The lowest BCUT2D eigenvalue weighted by Crippen LogP contribution is -2.38. The number of nitriles is 1. The van der Waals surface area contributed by atoms with Crippen LogP contribution < -0.4 is 5.73 Å². The maximum atomic E-state index is 13.0. The lowest BCUT2D eigenvalue weighted by Gasteiger charge is -2.18. The van der Waals surface area contributed by atoms with Gasteiger partial charge in [0.25, 0.3) is 0 Å². The monoisotopic (exact) mass is 301 g/mol. The number of thiocarbonyl (C=S) groups is 1. The third-order valence-electron chi connectivity index (χ3n) is 2.21. The average Bonchev–Trinajstić information content (AvgIpc) is 2.27. The van der Waals surface area contributed by atoms with E-state index in [9.17, 15) is 12.8 Å². The molecule has 0 atom stereocenters. The van der Waals surface area contributed by atoms with Crippen molar-refractivity contribution in [2.24, 2.45) is 5.73 Å². The molecule has 0 heterocycles. The molecule has 0 radical (unpaired) electrons. The molecular weight excluding hydrogens is 289 g/mol. The fourth-order valence-corrected chi connectivity index (χ4v) is 3.05. The maximum absolute atomic E-state index is 13.0. The van der Waals surface area contributed by atoms with E-state index in [1.54, 1.807) is 6.07 Å². The number of nitrogens with two attached hydrogens (primary N) is 1. The van der Waals surface area contributed by atoms with Crippen LogP contribution >= 0.6 is 12.2 Å². The Morgan fingerprint density at radius 3 is 2.74 bits per heavy atom. The predicted octanol–water partition coefficient (Wildman–Crippen LogP) is 0.767. The van der Waals surface area contributed by atoms with E-state index >= 15 is 0 Å². The Labute approximate surface area is 116 Å². The molecule has 5 nitrogen and oxygen atoms in total. The molecule has 2 N–H and O–H groups in total. The second kappa shape index (κ2) is 6.56. The molecule has 0 saturated heterocycles. The van der Waals surface area contributed by atoms with Crippen molar-refractivity contribution in [2.75, 3.05) is 13.1 Å². The summed E-state index contributed by atoms with van der Waals surface area (Å²) in [5.74, 6) is -0.927. The number of nitrogens with zero attached hydrogens (tertiary/aromatic N) is 2. The molecule has 102 valence electrons. The van der Waals surface area contributed by atoms with Gasteiger partial charge in [-0.2, -0.15) is 9.57 Å². The van der Waals surface area contributed by atoms with Crippen LogP contribution in [0.25, 0.3) is 0 Å². The molecule has 0 aromatic heterocycles. The van der Waals surface area contributed by atoms with E-state index in [1.807, 2.05) is 0 Å². The Morgan fingerprint density at radius 1 is 1.53 bits per heavy atom. The SMILES string of the molecule is N#CCN(CC(N)=S)S(=O)(=O)Cc1cccc(F)c1. The van der Waals surface area contributed by atoms with Crippen molar-refractivity contribution in [3.63, 3.8) is 0 Å². The van der Waals surface area contributed by atoms with E-state index in [0.717, 1.165) is 10.4 Å². The Kier molecular flexibility index (Phi) is 5.35. The number of hydrogen-bond donors (Lipinski definition) is 1. The number of rotatable bonds is 6. The van der Waals surface area contributed by atoms with Crippen molar-refractivity contribution in [1.82, 2.24) is 4.31 Å². The fourth-order valence-electron chi connectivity index (χ4n) is 1.43. The Balaban J connectivity index is 2.95. The molecule has 1 aromatic rings. The highest BCUT2D eigenvalue weighted by atomic mass is 32.2. The summed E-state index contributed by atoms with van der Waals surface area (Å²) in [6, 6.07) is 6.99. The minimum absolute atomic E-state index is 0.0296. The summed E-state index contributed by atoms with van der Waals surface area (Å²) < 4.78 is 38.0. The molecule has 0 spiro atoms. The minimum atomic E-state index is -3.77. The van der Waals surface area contributed by atoms with Crippen LogP contribution in [0.2, 0.25) is 0 Å². The van der Waals surface area contributed by atoms with Crippen LogP contribution in [0.3, 0.4) is 0 Å². The second-order valence-electron chi connectivity index (χ2n) is 3.78. The van der Waals surface area contributed by atoms with Gasteiger partial charge in [0.2, 0.25) is 10.0 Å². The second-order valence-corrected chi connectivity index (χ2v) is 6.27. The first-order valence-corrected chi connectivity index (χ1v) is 7.24. The molecule has 19 heavy (non-hydrogen) atoms. The van der Waals surface area contributed by atoms with Crippen molar-refractivity contribution < 1.29 is 12.8 Å². The van der Waals surface area contributed by atoms with E-state index in [-0.39, 0.29) is 18.1 Å². The van der Waals surface area contributed by atoms with Crippen LogP contribution in [-0.2, 0) is 15.8 Å². The van der Waals surface area contributed by atoms with Crippen LogP contribution in [0.4, 0.5) is 4.39 Å². The number of halogens is 1. The van der Waals surface area contributed by atoms with E-state index < -0.39 is 21.6 Å². The summed E-state index contributed by atoms with van der Waals surface area (Å²) in [4.78, 5) is -0.0296. The Bertz CT molecular complexity index is 611. The van der Waals surface area contributed by atoms with Crippen LogP contribution in [0.15, 0.2) is 24.3 Å². The highest BCUT2D eigenvalue weighted by Gasteiger charge is 2.23. The largest absolute Gasteiger partial charge is 0.392 e. The molecule has 0 aliphatic carbocycles. The van der Waals surface area contributed by atoms with Crippen molar-refractivity contribution in [1.29, 1.82) is 5.26 Å². The molecule has 0 unspecified atom stereocenters. The molecule has 8 heteroatoms. The van der Waals surface area contributed by atoms with Gasteiger partial charge in [-0.1, -0.05) is 24.4 Å². The van der Waals surface area contributed by atoms with Crippen LogP contribution in [-0.4, -0.2) is 30.8 Å². The van der Waals surface area contributed by atoms with E-state index in [2.05, 4.69) is 12.2 Å². The van der Waals surface area contributed by atoms with Gasteiger partial charge in [0.15, 0.2) is 0 Å². The molecule has 0 bridgehead atoms. The topological polar surface area (TPSA) is 87.2 Å². The van der Waals surface area contributed by atoms with Gasteiger partial charge in [-0.05, 0) is 17.7 Å². The highest BCUT2D eigenvalue weighted by molar-refractivity contribution is 7.88. The lowest BCUT2D eigenvalue weighted by atomic mass is 10.2. The zero-order chi connectivity index (χ0) is 14.5. The first-order chi connectivity index (χ1) is 8.85. The third kappa shape index (κ3) is 4.90. The van der Waals surface area contributed by atoms with Gasteiger partial charge >= 0.3 is 0 Å². The highest BCUT2D eigenvalue weighted by Crippen LogP contribution is 2.12. The average molecular weight is 301 g/mol. The normalized spacial score (nSPS) is 11.2. The molecule has 0 fully saturated rings. The van der Waals surface area contributed by atoms with Crippen LogP contribution in [0, 0.1) is 17.1 Å². The minimum Gasteiger partial charge on any atom is -0.392 e. The summed E-state index contributed by atoms with van der Waals surface area (Å²) in [7, 11) is -3.77. The standard InChI is InChI=1S/C11H12FN3O2S2/c12-10-3-1-2-9(6-10)8-19(16,17)15(5-4-13)7-11(14)18/h1-3,6H,5,7-8H2,(H2,14,18). The van der Waals surface area contributed by atoms with Gasteiger partial charge < -0.3 is 5.73 Å². The quantitative estimate of drug-likeness (QED) is 0.619. The summed E-state index contributed by atoms with van der Waals surface area (Å²) in [5, 5.41) is 8.62. The predicted molar refractivity (Wildman–Crippen MR) is 73.0 cm³/mol. The summed E-state index contributed by atoms with van der Waals surface area (Å²) in [5.41, 5.74) is 5.59. The molecule has 0 aliphatic rings. The van der Waals surface area contributed by atoms with E-state index in [0.29, 0.717) is 5.56 Å². The first kappa shape index (κ1) is 15.5. The first-order valence-electron chi connectivity index (χ1n) is 5.22. The summed E-state index contributed by atoms with van der Waals surface area (Å²) in [6.07, 6.45) is 0. The van der Waals surface area contributed by atoms with Crippen molar-refractivity contribution in [2.45, 2.75) is 5.75 Å². The molecule has 1 rings (SSSR count). The Hall–Kier alpha value is -1.56. The smallest absolute Gasteiger partial charge is 0.219 e. The van der Waals surface area contributed by atoms with Crippen LogP contribution in [0.5, 0.6) is 0 Å². The molecule has 0 amide bonds. The lowest BCUT2D eigenvalue weighted by molar-refractivity contribution is 0.483. The van der Waals surface area contributed by atoms with Crippen molar-refractivity contribution in [3.8, 4) is 6.07 Å². The third-order valence-corrected chi connectivity index (χ3v) is 4.08. The molecule has 0 aliphatic heterocycles. The molecule has 0 saturated carbocycles. The summed E-state index contributed by atoms with van der Waals surface area (Å²) in [6.45, 7) is -0.560. The zero-order valence-electron chi connectivity index (χ0n) is 9.91. The van der Waals surface area contributed by atoms with Gasteiger partial charge in [-0.3, -0.25) is 0 Å². The van der Waals surface area contributed by atoms with Gasteiger partial charge in [0.05, 0.1) is 23.4 Å². The zero-order valence-corrected chi connectivity index (χ0v) is 11.5. The van der Waals surface area contributed by atoms with Crippen molar-refractivity contribution >= 4 is 27.2 Å². The van der Waals surface area contributed by atoms with E-state index in [4.69, 9.17) is 11.0 Å². The molecule has 1 aromatic carbocycles.